The lowest BCUT2D eigenvalue weighted by molar-refractivity contribution is -0.121. The number of sulfonamides is 1. The van der Waals surface area contributed by atoms with Gasteiger partial charge in [0, 0.05) is 36.3 Å². The Kier molecular flexibility index (Phi) is 6.31. The Morgan fingerprint density at radius 1 is 1.00 bits per heavy atom. The first kappa shape index (κ1) is 20.0. The first-order valence-electron chi connectivity index (χ1n) is 8.73. The normalized spacial score (nSPS) is 17.4. The van der Waals surface area contributed by atoms with Crippen LogP contribution in [0.3, 0.4) is 0 Å². The highest BCUT2D eigenvalue weighted by atomic mass is 79.9. The molecule has 0 bridgehead atoms. The van der Waals surface area contributed by atoms with Crippen LogP contribution in [0.25, 0.3) is 0 Å². The number of benzene rings is 2. The van der Waals surface area contributed by atoms with Gasteiger partial charge in [0.05, 0.1) is 10.9 Å². The number of nitrogens with zero attached hydrogens (tertiary/aromatic N) is 2. The zero-order valence-electron chi connectivity index (χ0n) is 15.0. The Hall–Kier alpha value is -1.74. The number of rotatable bonds is 5. The molecule has 0 saturated carbocycles. The van der Waals surface area contributed by atoms with Gasteiger partial charge >= 0.3 is 0 Å². The third-order valence-electron chi connectivity index (χ3n) is 4.69. The van der Waals surface area contributed by atoms with E-state index in [2.05, 4.69) is 21.2 Å². The maximum Gasteiger partial charge on any atom is 0.243 e. The molecule has 27 heavy (non-hydrogen) atoms. The molecule has 1 heterocycles. The highest BCUT2D eigenvalue weighted by Crippen LogP contribution is 2.19. The molecule has 2 aromatic rings. The molecule has 1 unspecified atom stereocenters. The van der Waals surface area contributed by atoms with E-state index in [0.29, 0.717) is 31.1 Å². The van der Waals surface area contributed by atoms with Crippen LogP contribution in [-0.2, 0) is 14.8 Å². The fourth-order valence-corrected chi connectivity index (χ4v) is 4.73. The topological polar surface area (TPSA) is 69.7 Å². The molecular formula is C19H22BrN3O3S. The number of anilines is 1. The van der Waals surface area contributed by atoms with Gasteiger partial charge in [-0.1, -0.05) is 34.1 Å². The number of amides is 1. The molecule has 8 heteroatoms. The Bertz CT molecular complexity index is 880. The lowest BCUT2D eigenvalue weighted by Crippen LogP contribution is -2.53. The van der Waals surface area contributed by atoms with Crippen LogP contribution >= 0.6 is 15.9 Å². The van der Waals surface area contributed by atoms with Gasteiger partial charge < -0.3 is 5.32 Å². The SMILES string of the molecule is CC(C(=O)Nc1ccc(Br)cc1)N1CCN(S(=O)(=O)c2ccccc2)CC1. The van der Waals surface area contributed by atoms with E-state index in [4.69, 9.17) is 0 Å². The van der Waals surface area contributed by atoms with Crippen LogP contribution in [0.15, 0.2) is 64.0 Å². The van der Waals surface area contributed by atoms with E-state index >= 15 is 0 Å². The summed E-state index contributed by atoms with van der Waals surface area (Å²) in [7, 11) is -3.48. The summed E-state index contributed by atoms with van der Waals surface area (Å²) in [4.78, 5) is 14.8. The minimum atomic E-state index is -3.48. The van der Waals surface area contributed by atoms with Crippen molar-refractivity contribution in [2.75, 3.05) is 31.5 Å². The number of piperazine rings is 1. The standard InChI is InChI=1S/C19H22BrN3O3S/c1-15(19(24)21-17-9-7-16(20)8-10-17)22-11-13-23(14-12-22)27(25,26)18-5-3-2-4-6-18/h2-10,15H,11-14H2,1H3,(H,21,24). The summed E-state index contributed by atoms with van der Waals surface area (Å²) in [5, 5.41) is 2.90. The lowest BCUT2D eigenvalue weighted by atomic mass is 10.2. The Morgan fingerprint density at radius 3 is 2.19 bits per heavy atom. The molecule has 2 aromatic carbocycles. The Morgan fingerprint density at radius 2 is 1.59 bits per heavy atom. The number of hydrogen-bond donors (Lipinski definition) is 1. The fourth-order valence-electron chi connectivity index (χ4n) is 3.02. The molecular weight excluding hydrogens is 430 g/mol. The highest BCUT2D eigenvalue weighted by Gasteiger charge is 2.31. The van der Waals surface area contributed by atoms with Gasteiger partial charge in [-0.15, -0.1) is 0 Å². The summed E-state index contributed by atoms with van der Waals surface area (Å²) in [6.45, 7) is 3.61. The average Bonchev–Trinajstić information content (AvgIpc) is 2.70. The first-order chi connectivity index (χ1) is 12.9. The van der Waals surface area contributed by atoms with E-state index in [1.54, 1.807) is 30.3 Å². The summed E-state index contributed by atoms with van der Waals surface area (Å²) in [5.41, 5.74) is 0.736. The molecule has 0 radical (unpaired) electrons. The van der Waals surface area contributed by atoms with Crippen molar-refractivity contribution in [1.29, 1.82) is 0 Å². The van der Waals surface area contributed by atoms with Crippen molar-refractivity contribution in [3.63, 3.8) is 0 Å². The molecule has 1 aliphatic heterocycles. The number of halogens is 1. The Labute approximate surface area is 168 Å². The average molecular weight is 452 g/mol. The van der Waals surface area contributed by atoms with Crippen molar-refractivity contribution >= 4 is 37.5 Å². The van der Waals surface area contributed by atoms with Gasteiger partial charge in [0.2, 0.25) is 15.9 Å². The molecule has 1 saturated heterocycles. The van der Waals surface area contributed by atoms with E-state index in [0.717, 1.165) is 10.2 Å². The van der Waals surface area contributed by atoms with Gasteiger partial charge in [-0.25, -0.2) is 8.42 Å². The Balaban J connectivity index is 1.58. The van der Waals surface area contributed by atoms with E-state index in [1.807, 2.05) is 36.1 Å². The van der Waals surface area contributed by atoms with Crippen molar-refractivity contribution in [3.05, 3.63) is 59.1 Å². The molecule has 144 valence electrons. The number of nitrogens with one attached hydrogen (secondary N) is 1. The molecule has 0 aliphatic carbocycles. The zero-order valence-corrected chi connectivity index (χ0v) is 17.4. The molecule has 1 fully saturated rings. The molecule has 1 atom stereocenters. The van der Waals surface area contributed by atoms with Crippen molar-refractivity contribution in [1.82, 2.24) is 9.21 Å². The predicted molar refractivity (Wildman–Crippen MR) is 109 cm³/mol. The minimum absolute atomic E-state index is 0.100. The first-order valence-corrected chi connectivity index (χ1v) is 11.0. The van der Waals surface area contributed by atoms with Gasteiger partial charge in [0.25, 0.3) is 0 Å². The maximum absolute atomic E-state index is 12.7. The predicted octanol–water partition coefficient (Wildman–Crippen LogP) is 2.78. The van der Waals surface area contributed by atoms with Gasteiger partial charge in [0.1, 0.15) is 0 Å². The van der Waals surface area contributed by atoms with Gasteiger partial charge in [-0.3, -0.25) is 9.69 Å². The van der Waals surface area contributed by atoms with Crippen LogP contribution in [0.5, 0.6) is 0 Å². The van der Waals surface area contributed by atoms with Crippen LogP contribution in [0.4, 0.5) is 5.69 Å². The largest absolute Gasteiger partial charge is 0.325 e. The van der Waals surface area contributed by atoms with Crippen LogP contribution in [0, 0.1) is 0 Å². The van der Waals surface area contributed by atoms with Crippen molar-refractivity contribution in [2.24, 2.45) is 0 Å². The molecule has 0 spiro atoms. The van der Waals surface area contributed by atoms with Crippen LogP contribution in [0.2, 0.25) is 0 Å². The summed E-state index contributed by atoms with van der Waals surface area (Å²) in [6.07, 6.45) is 0. The summed E-state index contributed by atoms with van der Waals surface area (Å²) in [5.74, 6) is -0.100. The second kappa shape index (κ2) is 8.52. The fraction of sp³-hybridized carbons (Fsp3) is 0.316. The third kappa shape index (κ3) is 4.76. The third-order valence-corrected chi connectivity index (χ3v) is 7.13. The minimum Gasteiger partial charge on any atom is -0.325 e. The lowest BCUT2D eigenvalue weighted by Gasteiger charge is -2.36. The van der Waals surface area contributed by atoms with Crippen molar-refractivity contribution in [2.45, 2.75) is 17.9 Å². The molecule has 1 N–H and O–H groups in total. The summed E-state index contributed by atoms with van der Waals surface area (Å²) < 4.78 is 27.8. The molecule has 3 rings (SSSR count). The van der Waals surface area contributed by atoms with Gasteiger partial charge in [-0.05, 0) is 43.3 Å². The number of carbonyl (C=O) groups excluding carboxylic acids is 1. The summed E-state index contributed by atoms with van der Waals surface area (Å²) >= 11 is 3.37. The highest BCUT2D eigenvalue weighted by molar-refractivity contribution is 9.10. The monoisotopic (exact) mass is 451 g/mol. The number of carbonyl (C=O) groups is 1. The van der Waals surface area contributed by atoms with Crippen molar-refractivity contribution < 1.29 is 13.2 Å². The second-order valence-electron chi connectivity index (χ2n) is 6.43. The van der Waals surface area contributed by atoms with Gasteiger partial charge in [-0.2, -0.15) is 4.31 Å². The quantitative estimate of drug-likeness (QED) is 0.758. The van der Waals surface area contributed by atoms with Crippen LogP contribution in [-0.4, -0.2) is 55.8 Å². The van der Waals surface area contributed by atoms with Crippen LogP contribution < -0.4 is 5.32 Å². The molecule has 0 aromatic heterocycles. The number of hydrogen-bond acceptors (Lipinski definition) is 4. The maximum atomic E-state index is 12.7. The van der Waals surface area contributed by atoms with E-state index in [9.17, 15) is 13.2 Å². The second-order valence-corrected chi connectivity index (χ2v) is 9.28. The van der Waals surface area contributed by atoms with E-state index in [1.165, 1.54) is 4.31 Å². The molecule has 1 aliphatic rings. The van der Waals surface area contributed by atoms with E-state index in [-0.39, 0.29) is 11.9 Å². The smallest absolute Gasteiger partial charge is 0.243 e. The van der Waals surface area contributed by atoms with Gasteiger partial charge in [0.15, 0.2) is 0 Å². The summed E-state index contributed by atoms with van der Waals surface area (Å²) in [6, 6.07) is 15.5. The molecule has 1 amide bonds. The zero-order chi connectivity index (χ0) is 19.4. The van der Waals surface area contributed by atoms with Crippen molar-refractivity contribution in [3.8, 4) is 0 Å². The van der Waals surface area contributed by atoms with E-state index < -0.39 is 10.0 Å². The van der Waals surface area contributed by atoms with Crippen LogP contribution in [0.1, 0.15) is 6.92 Å². The molecule has 6 nitrogen and oxygen atoms in total.